The van der Waals surface area contributed by atoms with Gasteiger partial charge in [-0.15, -0.1) is 0 Å². The van der Waals surface area contributed by atoms with E-state index >= 15 is 0 Å². The molecular weight excluding hydrogens is 937 g/mol. The van der Waals surface area contributed by atoms with E-state index in [-0.39, 0.29) is 31.1 Å². The largest absolute Gasteiger partial charge is 0.462 e. The van der Waals surface area contributed by atoms with Crippen LogP contribution in [0.2, 0.25) is 0 Å². The van der Waals surface area contributed by atoms with Crippen LogP contribution in [0.3, 0.4) is 0 Å². The highest BCUT2D eigenvalue weighted by Crippen LogP contribution is 2.16. The van der Waals surface area contributed by atoms with Crippen LogP contribution in [0, 0.1) is 0 Å². The highest BCUT2D eigenvalue weighted by atomic mass is 16.6. The number of carbonyl (C=O) groups is 3. The standard InChI is InChI=1S/C70H120O6/c1-4-7-10-13-16-19-21-23-25-27-29-30-31-32-33-34-35-36-37-38-39-40-42-43-45-47-49-51-54-57-60-63-69(72)75-66-67(65-74-68(71)62-59-56-53-18-15-12-9-6-3)76-70(73)64-61-58-55-52-50-48-46-44-41-28-26-24-22-20-17-14-11-8-5-2/h7,10,16,19,23-26,29-30,32-33,35-36,38-39,67H,4-6,8-9,11-15,17-18,20-22,27-28,31,34,37,40-66H2,1-3H3/b10-7-,19-16-,25-23-,26-24-,30-29-,33-32-,36-35-,39-38-. The number of allylic oxidation sites excluding steroid dienone is 16. The molecule has 0 amide bonds. The number of carbonyl (C=O) groups excluding carboxylic acids is 3. The lowest BCUT2D eigenvalue weighted by Crippen LogP contribution is -2.30. The molecular formula is C70H120O6. The first-order valence-corrected chi connectivity index (χ1v) is 32.2. The molecule has 0 aromatic rings. The molecule has 0 heterocycles. The van der Waals surface area contributed by atoms with E-state index in [0.29, 0.717) is 19.3 Å². The van der Waals surface area contributed by atoms with Gasteiger partial charge >= 0.3 is 17.9 Å². The molecule has 0 saturated carbocycles. The van der Waals surface area contributed by atoms with Crippen molar-refractivity contribution in [2.24, 2.45) is 0 Å². The minimum atomic E-state index is -0.779. The first kappa shape index (κ1) is 72.3. The van der Waals surface area contributed by atoms with E-state index in [2.05, 4.69) is 118 Å². The summed E-state index contributed by atoms with van der Waals surface area (Å²) in [5.41, 5.74) is 0. The summed E-state index contributed by atoms with van der Waals surface area (Å²) in [4.78, 5) is 38.1. The summed E-state index contributed by atoms with van der Waals surface area (Å²) in [5, 5.41) is 0. The Hall–Kier alpha value is -3.67. The number of esters is 3. The summed E-state index contributed by atoms with van der Waals surface area (Å²) in [6.07, 6.45) is 85.7. The molecule has 76 heavy (non-hydrogen) atoms. The number of unbranched alkanes of at least 4 members (excludes halogenated alkanes) is 31. The monoisotopic (exact) mass is 1060 g/mol. The average Bonchev–Trinajstić information content (AvgIpc) is 3.42. The van der Waals surface area contributed by atoms with E-state index in [1.807, 2.05) is 0 Å². The molecule has 1 unspecified atom stereocenters. The van der Waals surface area contributed by atoms with Crippen molar-refractivity contribution in [3.63, 3.8) is 0 Å². The molecule has 0 saturated heterocycles. The Balaban J connectivity index is 4.17. The quantitative estimate of drug-likeness (QED) is 0.0261. The second-order valence-corrected chi connectivity index (χ2v) is 21.3. The lowest BCUT2D eigenvalue weighted by Gasteiger charge is -2.18. The van der Waals surface area contributed by atoms with Crippen molar-refractivity contribution in [3.8, 4) is 0 Å². The van der Waals surface area contributed by atoms with Gasteiger partial charge in [0.2, 0.25) is 0 Å². The van der Waals surface area contributed by atoms with Crippen LogP contribution >= 0.6 is 0 Å². The predicted octanol–water partition coefficient (Wildman–Crippen LogP) is 22.0. The van der Waals surface area contributed by atoms with Gasteiger partial charge in [0.25, 0.3) is 0 Å². The zero-order valence-electron chi connectivity index (χ0n) is 50.0. The van der Waals surface area contributed by atoms with Crippen LogP contribution in [0.15, 0.2) is 97.2 Å². The molecule has 0 rings (SSSR count). The Morgan fingerprint density at radius 3 is 0.816 bits per heavy atom. The predicted molar refractivity (Wildman–Crippen MR) is 330 cm³/mol. The minimum absolute atomic E-state index is 0.0773. The zero-order valence-corrected chi connectivity index (χ0v) is 50.0. The van der Waals surface area contributed by atoms with Gasteiger partial charge in [0.15, 0.2) is 6.10 Å². The molecule has 436 valence electrons. The summed E-state index contributed by atoms with van der Waals surface area (Å²) < 4.78 is 16.9. The maximum Gasteiger partial charge on any atom is 0.306 e. The molecule has 1 atom stereocenters. The van der Waals surface area contributed by atoms with Crippen molar-refractivity contribution in [1.29, 1.82) is 0 Å². The lowest BCUT2D eigenvalue weighted by molar-refractivity contribution is -0.167. The molecule has 0 aromatic heterocycles. The maximum atomic E-state index is 12.9. The molecule has 6 nitrogen and oxygen atoms in total. The molecule has 6 heteroatoms. The average molecular weight is 1060 g/mol. The molecule has 0 aromatic carbocycles. The molecule has 0 spiro atoms. The SMILES string of the molecule is CC/C=C\C/C=C\C/C=C\C/C=C\C/C=C\C/C=C\C/C=C\CCCCCCCCCCCC(=O)OCC(COC(=O)CCCCCCCCCC)OC(=O)CCCCCCCCCCC/C=C\CCCCCCCC. The van der Waals surface area contributed by atoms with Crippen LogP contribution in [0.4, 0.5) is 0 Å². The van der Waals surface area contributed by atoms with Gasteiger partial charge in [0.05, 0.1) is 0 Å². The van der Waals surface area contributed by atoms with Crippen molar-refractivity contribution in [3.05, 3.63) is 97.2 Å². The van der Waals surface area contributed by atoms with Crippen LogP contribution in [0.25, 0.3) is 0 Å². The van der Waals surface area contributed by atoms with Crippen LogP contribution in [-0.2, 0) is 28.6 Å². The normalized spacial score (nSPS) is 12.7. The first-order valence-electron chi connectivity index (χ1n) is 32.2. The van der Waals surface area contributed by atoms with E-state index in [1.54, 1.807) is 0 Å². The van der Waals surface area contributed by atoms with Crippen molar-refractivity contribution >= 4 is 17.9 Å². The molecule has 0 N–H and O–H groups in total. The van der Waals surface area contributed by atoms with E-state index in [9.17, 15) is 14.4 Å². The van der Waals surface area contributed by atoms with Crippen molar-refractivity contribution in [1.82, 2.24) is 0 Å². The summed E-state index contributed by atoms with van der Waals surface area (Å²) in [6.45, 7) is 6.51. The summed E-state index contributed by atoms with van der Waals surface area (Å²) >= 11 is 0. The molecule has 0 aliphatic rings. The maximum absolute atomic E-state index is 12.9. The van der Waals surface area contributed by atoms with Crippen LogP contribution < -0.4 is 0 Å². The highest BCUT2D eigenvalue weighted by Gasteiger charge is 2.19. The Bertz CT molecular complexity index is 1490. The summed E-state index contributed by atoms with van der Waals surface area (Å²) in [6, 6.07) is 0. The summed E-state index contributed by atoms with van der Waals surface area (Å²) in [7, 11) is 0. The van der Waals surface area contributed by atoms with Gasteiger partial charge < -0.3 is 14.2 Å². The van der Waals surface area contributed by atoms with E-state index in [0.717, 1.165) is 109 Å². The first-order chi connectivity index (χ1) is 37.5. The molecule has 0 bridgehead atoms. The highest BCUT2D eigenvalue weighted by molar-refractivity contribution is 5.71. The van der Waals surface area contributed by atoms with E-state index in [1.165, 1.54) is 161 Å². The zero-order chi connectivity index (χ0) is 55.0. The van der Waals surface area contributed by atoms with Gasteiger partial charge in [-0.25, -0.2) is 0 Å². The number of hydrogen-bond donors (Lipinski definition) is 0. The fraction of sp³-hybridized carbons (Fsp3) is 0.729. The second kappa shape index (κ2) is 63.9. The van der Waals surface area contributed by atoms with Gasteiger partial charge in [0.1, 0.15) is 13.2 Å². The number of ether oxygens (including phenoxy) is 3. The molecule has 0 aliphatic carbocycles. The van der Waals surface area contributed by atoms with Crippen LogP contribution in [-0.4, -0.2) is 37.2 Å². The van der Waals surface area contributed by atoms with E-state index in [4.69, 9.17) is 14.2 Å². The fourth-order valence-corrected chi connectivity index (χ4v) is 9.01. The van der Waals surface area contributed by atoms with Crippen LogP contribution in [0.5, 0.6) is 0 Å². The Morgan fingerprint density at radius 2 is 0.513 bits per heavy atom. The third kappa shape index (κ3) is 61.2. The van der Waals surface area contributed by atoms with E-state index < -0.39 is 6.10 Å². The second-order valence-electron chi connectivity index (χ2n) is 21.3. The topological polar surface area (TPSA) is 78.9 Å². The lowest BCUT2D eigenvalue weighted by atomic mass is 10.1. The number of hydrogen-bond acceptors (Lipinski definition) is 6. The van der Waals surface area contributed by atoms with Crippen molar-refractivity contribution in [2.75, 3.05) is 13.2 Å². The van der Waals surface area contributed by atoms with Gasteiger partial charge in [-0.1, -0.05) is 285 Å². The number of rotatable bonds is 58. The molecule has 0 radical (unpaired) electrons. The summed E-state index contributed by atoms with van der Waals surface area (Å²) in [5.74, 6) is -0.881. The van der Waals surface area contributed by atoms with Gasteiger partial charge in [-0.05, 0) is 103 Å². The van der Waals surface area contributed by atoms with Gasteiger partial charge in [0, 0.05) is 19.3 Å². The minimum Gasteiger partial charge on any atom is -0.462 e. The van der Waals surface area contributed by atoms with Crippen molar-refractivity contribution < 1.29 is 28.6 Å². The third-order valence-corrected chi connectivity index (χ3v) is 13.8. The van der Waals surface area contributed by atoms with Gasteiger partial charge in [-0.2, -0.15) is 0 Å². The van der Waals surface area contributed by atoms with Gasteiger partial charge in [-0.3, -0.25) is 14.4 Å². The fourth-order valence-electron chi connectivity index (χ4n) is 9.01. The Kier molecular flexibility index (Phi) is 60.8. The van der Waals surface area contributed by atoms with Crippen LogP contribution in [0.1, 0.15) is 310 Å². The Morgan fingerprint density at radius 1 is 0.276 bits per heavy atom. The Labute approximate surface area is 470 Å². The molecule has 0 fully saturated rings. The third-order valence-electron chi connectivity index (χ3n) is 13.8. The smallest absolute Gasteiger partial charge is 0.306 e. The van der Waals surface area contributed by atoms with Crippen molar-refractivity contribution in [2.45, 2.75) is 316 Å². The molecule has 0 aliphatic heterocycles.